The summed E-state index contributed by atoms with van der Waals surface area (Å²) in [6, 6.07) is 8.17. The number of nitrogens with one attached hydrogen (secondary N) is 1. The van der Waals surface area contributed by atoms with Gasteiger partial charge in [0, 0.05) is 47.0 Å². The molecule has 2 aromatic rings. The van der Waals surface area contributed by atoms with Crippen molar-refractivity contribution >= 4 is 17.4 Å². The largest absolute Gasteiger partial charge is 0.496 e. The van der Waals surface area contributed by atoms with Crippen LogP contribution in [0.4, 0.5) is 10.1 Å². The van der Waals surface area contributed by atoms with E-state index in [1.807, 2.05) is 13.8 Å². The number of halogens is 1. The lowest BCUT2D eigenvalue weighted by Crippen LogP contribution is -2.38. The van der Waals surface area contributed by atoms with Crippen molar-refractivity contribution in [2.24, 2.45) is 5.41 Å². The van der Waals surface area contributed by atoms with E-state index in [9.17, 15) is 24.1 Å². The number of carbonyl (C=O) groups is 2. The van der Waals surface area contributed by atoms with Crippen LogP contribution in [0.15, 0.2) is 58.9 Å². The third-order valence-corrected chi connectivity index (χ3v) is 6.87. The van der Waals surface area contributed by atoms with E-state index < -0.39 is 22.6 Å². The summed E-state index contributed by atoms with van der Waals surface area (Å²) < 4.78 is 30.4. The van der Waals surface area contributed by atoms with E-state index >= 15 is 0 Å². The van der Waals surface area contributed by atoms with Gasteiger partial charge < -0.3 is 19.5 Å². The maximum atomic E-state index is 13.8. The zero-order valence-electron chi connectivity index (χ0n) is 22.6. The van der Waals surface area contributed by atoms with Crippen LogP contribution in [0.25, 0.3) is 0 Å². The number of allylic oxidation sites excluding steroid dienone is 3. The number of nitrogens with zero attached hydrogens (tertiary/aromatic N) is 1. The first-order chi connectivity index (χ1) is 18.5. The highest BCUT2D eigenvalue weighted by Gasteiger charge is 2.43. The first kappa shape index (κ1) is 27.8. The summed E-state index contributed by atoms with van der Waals surface area (Å²) >= 11 is 0. The highest BCUT2D eigenvalue weighted by atomic mass is 19.1. The van der Waals surface area contributed by atoms with E-state index in [0.717, 1.165) is 23.9 Å². The molecule has 2 aliphatic rings. The van der Waals surface area contributed by atoms with E-state index in [1.54, 1.807) is 32.0 Å². The van der Waals surface area contributed by atoms with E-state index in [2.05, 4.69) is 5.32 Å². The number of dihydropyridines is 1. The summed E-state index contributed by atoms with van der Waals surface area (Å²) in [5, 5.41) is 14.7. The molecule has 1 heterocycles. The fraction of sp³-hybridized carbons (Fsp3) is 0.379. The molecule has 1 aliphatic carbocycles. The molecule has 10 heteroatoms. The van der Waals surface area contributed by atoms with Crippen molar-refractivity contribution in [2.45, 2.75) is 53.1 Å². The number of nitro groups is 1. The van der Waals surface area contributed by atoms with Gasteiger partial charge >= 0.3 is 11.7 Å². The SMILES string of the molecule is CCOC(=O)C1=C(C)NC2=C(C(=O)CC(C)(C)C2)[C@@H]1c1ccc(OC)c(COc2cc(F)ccc2[N+](=O)[O-])c1. The van der Waals surface area contributed by atoms with Gasteiger partial charge in [0.15, 0.2) is 11.5 Å². The molecule has 0 fully saturated rings. The van der Waals surface area contributed by atoms with Crippen LogP contribution in [0.3, 0.4) is 0 Å². The maximum absolute atomic E-state index is 13.8. The lowest BCUT2D eigenvalue weighted by atomic mass is 9.68. The normalized spacial score (nSPS) is 18.3. The Balaban J connectivity index is 1.80. The zero-order chi connectivity index (χ0) is 28.5. The van der Waals surface area contributed by atoms with Crippen molar-refractivity contribution in [3.05, 3.63) is 86.0 Å². The van der Waals surface area contributed by atoms with Gasteiger partial charge in [0.2, 0.25) is 0 Å². The Morgan fingerprint density at radius 2 is 1.92 bits per heavy atom. The predicted octanol–water partition coefficient (Wildman–Crippen LogP) is 5.49. The molecule has 1 N–H and O–H groups in total. The number of methoxy groups -OCH3 is 1. The van der Waals surface area contributed by atoms with Gasteiger partial charge in [-0.05, 0) is 49.4 Å². The molecule has 4 rings (SSSR count). The summed E-state index contributed by atoms with van der Waals surface area (Å²) in [4.78, 5) is 37.4. The molecule has 2 aromatic carbocycles. The van der Waals surface area contributed by atoms with E-state index in [1.165, 1.54) is 7.11 Å². The molecule has 1 aliphatic heterocycles. The number of nitro benzene ring substituents is 1. The average Bonchev–Trinajstić information content (AvgIpc) is 2.85. The number of hydrogen-bond acceptors (Lipinski definition) is 8. The number of carbonyl (C=O) groups excluding carboxylic acids is 2. The van der Waals surface area contributed by atoms with Crippen molar-refractivity contribution in [2.75, 3.05) is 13.7 Å². The predicted molar refractivity (Wildman–Crippen MR) is 141 cm³/mol. The Morgan fingerprint density at radius 1 is 1.18 bits per heavy atom. The first-order valence-corrected chi connectivity index (χ1v) is 12.6. The molecule has 206 valence electrons. The van der Waals surface area contributed by atoms with Crippen LogP contribution in [0.5, 0.6) is 11.5 Å². The number of rotatable bonds is 8. The topological polar surface area (TPSA) is 117 Å². The third kappa shape index (κ3) is 5.64. The summed E-state index contributed by atoms with van der Waals surface area (Å²) in [6.45, 7) is 7.54. The monoisotopic (exact) mass is 538 g/mol. The molecule has 0 spiro atoms. The third-order valence-electron chi connectivity index (χ3n) is 6.87. The molecular formula is C29H31FN2O7. The molecule has 0 saturated carbocycles. The Hall–Kier alpha value is -4.21. The first-order valence-electron chi connectivity index (χ1n) is 12.6. The Labute approximate surface area is 225 Å². The highest BCUT2D eigenvalue weighted by Crippen LogP contribution is 2.47. The molecule has 9 nitrogen and oxygen atoms in total. The van der Waals surface area contributed by atoms with Crippen molar-refractivity contribution < 1.29 is 33.1 Å². The fourth-order valence-corrected chi connectivity index (χ4v) is 5.25. The van der Waals surface area contributed by atoms with Gasteiger partial charge in [0.25, 0.3) is 0 Å². The van der Waals surface area contributed by atoms with Gasteiger partial charge in [-0.1, -0.05) is 19.9 Å². The van der Waals surface area contributed by atoms with Crippen molar-refractivity contribution in [1.29, 1.82) is 0 Å². The molecule has 39 heavy (non-hydrogen) atoms. The number of hydrogen-bond donors (Lipinski definition) is 1. The second kappa shape index (κ2) is 10.9. The molecule has 0 aromatic heterocycles. The quantitative estimate of drug-likeness (QED) is 0.266. The van der Waals surface area contributed by atoms with Crippen LogP contribution in [0.2, 0.25) is 0 Å². The highest BCUT2D eigenvalue weighted by molar-refractivity contribution is 6.04. The average molecular weight is 539 g/mol. The maximum Gasteiger partial charge on any atom is 0.336 e. The minimum atomic E-state index is -0.697. The van der Waals surface area contributed by atoms with Gasteiger partial charge in [-0.3, -0.25) is 14.9 Å². The Bertz CT molecular complexity index is 1410. The van der Waals surface area contributed by atoms with E-state index in [-0.39, 0.29) is 35.8 Å². The van der Waals surface area contributed by atoms with Gasteiger partial charge in [0.05, 0.1) is 24.2 Å². The molecule has 0 unspecified atom stereocenters. The Morgan fingerprint density at radius 3 is 2.59 bits per heavy atom. The molecule has 0 bridgehead atoms. The van der Waals surface area contributed by atoms with Crippen molar-refractivity contribution in [3.8, 4) is 11.5 Å². The Kier molecular flexibility index (Phi) is 7.76. The van der Waals surface area contributed by atoms with Crippen LogP contribution in [0.1, 0.15) is 57.6 Å². The van der Waals surface area contributed by atoms with E-state index in [0.29, 0.717) is 46.6 Å². The van der Waals surface area contributed by atoms with Crippen molar-refractivity contribution in [3.63, 3.8) is 0 Å². The summed E-state index contributed by atoms with van der Waals surface area (Å²) in [5.74, 6) is -1.76. The minimum absolute atomic E-state index is 0.0583. The summed E-state index contributed by atoms with van der Waals surface area (Å²) in [6.07, 6.45) is 0.960. The lowest BCUT2D eigenvalue weighted by molar-refractivity contribution is -0.386. The second-order valence-electron chi connectivity index (χ2n) is 10.4. The number of Topliss-reactive ketones (excluding diaryl/α,β-unsaturated/α-hetero) is 1. The molecule has 0 saturated heterocycles. The zero-order valence-corrected chi connectivity index (χ0v) is 22.6. The van der Waals surface area contributed by atoms with Crippen LogP contribution in [-0.2, 0) is 20.9 Å². The molecule has 0 amide bonds. The molecule has 1 atom stereocenters. The van der Waals surface area contributed by atoms with E-state index in [4.69, 9.17) is 14.2 Å². The van der Waals surface area contributed by atoms with Crippen LogP contribution in [-0.4, -0.2) is 30.4 Å². The smallest absolute Gasteiger partial charge is 0.336 e. The van der Waals surface area contributed by atoms with Gasteiger partial charge in [0.1, 0.15) is 18.2 Å². The van der Waals surface area contributed by atoms with Gasteiger partial charge in [-0.2, -0.15) is 0 Å². The fourth-order valence-electron chi connectivity index (χ4n) is 5.25. The van der Waals surface area contributed by atoms with Gasteiger partial charge in [-0.15, -0.1) is 0 Å². The standard InChI is InChI=1S/C29H31FN2O7/c1-6-38-28(34)25-16(2)31-20-13-29(3,4)14-22(33)27(20)26(25)17-7-10-23(37-5)18(11-17)15-39-24-12-19(30)8-9-21(24)32(35)36/h7-12,26,31H,6,13-15H2,1-5H3/t26-/m1/s1. The lowest BCUT2D eigenvalue weighted by Gasteiger charge is -2.39. The molecular weight excluding hydrogens is 507 g/mol. The van der Waals surface area contributed by atoms with Crippen LogP contribution in [0, 0.1) is 21.3 Å². The number of ketones is 1. The number of benzene rings is 2. The van der Waals surface area contributed by atoms with Gasteiger partial charge in [-0.25, -0.2) is 9.18 Å². The molecule has 0 radical (unpaired) electrons. The second-order valence-corrected chi connectivity index (χ2v) is 10.4. The van der Waals surface area contributed by atoms with Crippen molar-refractivity contribution in [1.82, 2.24) is 5.32 Å². The minimum Gasteiger partial charge on any atom is -0.496 e. The number of ether oxygens (including phenoxy) is 3. The summed E-state index contributed by atoms with van der Waals surface area (Å²) in [7, 11) is 1.47. The summed E-state index contributed by atoms with van der Waals surface area (Å²) in [5.41, 5.74) is 2.74. The number of esters is 1. The van der Waals surface area contributed by atoms with Crippen LogP contribution < -0.4 is 14.8 Å². The van der Waals surface area contributed by atoms with Crippen LogP contribution >= 0.6 is 0 Å².